The SMILES string of the molecule is NC(=O)CCN(Cc1ccccc1)C(=O)c1cnc2ccccc2n1. The Morgan fingerprint density at radius 1 is 0.960 bits per heavy atom. The molecule has 0 bridgehead atoms. The third-order valence-corrected chi connectivity index (χ3v) is 3.80. The first kappa shape index (κ1) is 16.6. The number of nitrogens with zero attached hydrogens (tertiary/aromatic N) is 3. The Bertz CT molecular complexity index is 896. The minimum absolute atomic E-state index is 0.0968. The average Bonchev–Trinajstić information content (AvgIpc) is 2.65. The topological polar surface area (TPSA) is 89.2 Å². The summed E-state index contributed by atoms with van der Waals surface area (Å²) in [6.45, 7) is 0.610. The molecule has 0 spiro atoms. The van der Waals surface area contributed by atoms with E-state index in [-0.39, 0.29) is 24.6 Å². The molecule has 1 heterocycles. The van der Waals surface area contributed by atoms with Gasteiger partial charge >= 0.3 is 0 Å². The first-order valence-electron chi connectivity index (χ1n) is 7.97. The second-order valence-electron chi connectivity index (χ2n) is 5.67. The number of fused-ring (bicyclic) bond motifs is 1. The van der Waals surface area contributed by atoms with E-state index in [1.54, 1.807) is 4.90 Å². The van der Waals surface area contributed by atoms with Crippen molar-refractivity contribution in [3.05, 3.63) is 72.1 Å². The summed E-state index contributed by atoms with van der Waals surface area (Å²) in [6.07, 6.45) is 1.56. The van der Waals surface area contributed by atoms with Gasteiger partial charge in [0.1, 0.15) is 5.69 Å². The number of rotatable bonds is 6. The lowest BCUT2D eigenvalue weighted by molar-refractivity contribution is -0.118. The lowest BCUT2D eigenvalue weighted by Gasteiger charge is -2.22. The summed E-state index contributed by atoms with van der Waals surface area (Å²) in [4.78, 5) is 34.3. The van der Waals surface area contributed by atoms with Crippen LogP contribution < -0.4 is 5.73 Å². The van der Waals surface area contributed by atoms with Gasteiger partial charge in [-0.25, -0.2) is 4.98 Å². The van der Waals surface area contributed by atoms with Crippen LogP contribution >= 0.6 is 0 Å². The zero-order valence-electron chi connectivity index (χ0n) is 13.6. The van der Waals surface area contributed by atoms with Crippen LogP contribution in [0.15, 0.2) is 60.8 Å². The van der Waals surface area contributed by atoms with Crippen LogP contribution in [0.2, 0.25) is 0 Å². The third-order valence-electron chi connectivity index (χ3n) is 3.80. The molecule has 3 aromatic rings. The smallest absolute Gasteiger partial charge is 0.274 e. The maximum atomic E-state index is 12.9. The highest BCUT2D eigenvalue weighted by Crippen LogP contribution is 2.13. The predicted molar refractivity (Wildman–Crippen MR) is 94.5 cm³/mol. The van der Waals surface area contributed by atoms with Gasteiger partial charge in [-0.3, -0.25) is 14.6 Å². The van der Waals surface area contributed by atoms with Crippen molar-refractivity contribution in [1.82, 2.24) is 14.9 Å². The fourth-order valence-electron chi connectivity index (χ4n) is 2.52. The van der Waals surface area contributed by atoms with E-state index in [1.807, 2.05) is 54.6 Å². The Hall–Kier alpha value is -3.28. The van der Waals surface area contributed by atoms with Gasteiger partial charge in [0, 0.05) is 19.5 Å². The van der Waals surface area contributed by atoms with Crippen LogP contribution in [-0.4, -0.2) is 33.2 Å². The lowest BCUT2D eigenvalue weighted by atomic mass is 10.2. The third kappa shape index (κ3) is 4.17. The number of carbonyl (C=O) groups excluding carboxylic acids is 2. The molecule has 0 aliphatic rings. The summed E-state index contributed by atoms with van der Waals surface area (Å²) >= 11 is 0. The Balaban J connectivity index is 1.87. The summed E-state index contributed by atoms with van der Waals surface area (Å²) in [5, 5.41) is 0. The molecule has 0 saturated heterocycles. The number of aromatic nitrogens is 2. The molecule has 6 nitrogen and oxygen atoms in total. The summed E-state index contributed by atoms with van der Waals surface area (Å²) in [5.74, 6) is -0.723. The predicted octanol–water partition coefficient (Wildman–Crippen LogP) is 2.15. The molecule has 0 unspecified atom stereocenters. The molecule has 2 amide bonds. The van der Waals surface area contributed by atoms with Crippen LogP contribution in [0.3, 0.4) is 0 Å². The minimum atomic E-state index is -0.449. The van der Waals surface area contributed by atoms with Gasteiger partial charge in [-0.15, -0.1) is 0 Å². The maximum Gasteiger partial charge on any atom is 0.274 e. The highest BCUT2D eigenvalue weighted by Gasteiger charge is 2.19. The molecular formula is C19H18N4O2. The number of carbonyl (C=O) groups is 2. The number of hydrogen-bond acceptors (Lipinski definition) is 4. The van der Waals surface area contributed by atoms with Crippen LogP contribution in [0.25, 0.3) is 11.0 Å². The van der Waals surface area contributed by atoms with Gasteiger partial charge in [0.2, 0.25) is 5.91 Å². The first-order chi connectivity index (χ1) is 12.1. The van der Waals surface area contributed by atoms with Gasteiger partial charge in [-0.2, -0.15) is 0 Å². The molecule has 6 heteroatoms. The summed E-state index contributed by atoms with van der Waals surface area (Å²) < 4.78 is 0. The number of nitrogens with two attached hydrogens (primary N) is 1. The second-order valence-corrected chi connectivity index (χ2v) is 5.67. The normalized spacial score (nSPS) is 10.6. The summed E-state index contributed by atoms with van der Waals surface area (Å²) in [6, 6.07) is 16.9. The van der Waals surface area contributed by atoms with Gasteiger partial charge in [0.25, 0.3) is 5.91 Å². The lowest BCUT2D eigenvalue weighted by Crippen LogP contribution is -2.34. The van der Waals surface area contributed by atoms with Crippen molar-refractivity contribution in [3.63, 3.8) is 0 Å². The molecule has 0 fully saturated rings. The number of hydrogen-bond donors (Lipinski definition) is 1. The summed E-state index contributed by atoms with van der Waals surface area (Å²) in [5.41, 5.74) is 7.84. The van der Waals surface area contributed by atoms with Crippen LogP contribution in [0.5, 0.6) is 0 Å². The average molecular weight is 334 g/mol. The van der Waals surface area contributed by atoms with Crippen LogP contribution in [-0.2, 0) is 11.3 Å². The van der Waals surface area contributed by atoms with Gasteiger partial charge in [0.05, 0.1) is 17.2 Å². The van der Waals surface area contributed by atoms with Gasteiger partial charge < -0.3 is 10.6 Å². The summed E-state index contributed by atoms with van der Waals surface area (Å²) in [7, 11) is 0. The van der Waals surface area contributed by atoms with E-state index < -0.39 is 5.91 Å². The quantitative estimate of drug-likeness (QED) is 0.748. The molecule has 0 radical (unpaired) electrons. The zero-order valence-corrected chi connectivity index (χ0v) is 13.6. The molecular weight excluding hydrogens is 316 g/mol. The Morgan fingerprint density at radius 3 is 2.36 bits per heavy atom. The molecule has 25 heavy (non-hydrogen) atoms. The van der Waals surface area contributed by atoms with E-state index in [1.165, 1.54) is 6.20 Å². The van der Waals surface area contributed by atoms with Crippen molar-refractivity contribution >= 4 is 22.8 Å². The number of amides is 2. The fraction of sp³-hybridized carbons (Fsp3) is 0.158. The molecule has 0 atom stereocenters. The fourth-order valence-corrected chi connectivity index (χ4v) is 2.52. The largest absolute Gasteiger partial charge is 0.370 e. The van der Waals surface area contributed by atoms with Crippen molar-refractivity contribution in [1.29, 1.82) is 0 Å². The van der Waals surface area contributed by atoms with Crippen LogP contribution in [0.1, 0.15) is 22.5 Å². The number of para-hydroxylation sites is 2. The minimum Gasteiger partial charge on any atom is -0.370 e. The molecule has 2 N–H and O–H groups in total. The van der Waals surface area contributed by atoms with Crippen LogP contribution in [0.4, 0.5) is 0 Å². The van der Waals surface area contributed by atoms with E-state index in [9.17, 15) is 9.59 Å². The monoisotopic (exact) mass is 334 g/mol. The highest BCUT2D eigenvalue weighted by molar-refractivity contribution is 5.94. The van der Waals surface area contributed by atoms with Gasteiger partial charge in [-0.1, -0.05) is 42.5 Å². The van der Waals surface area contributed by atoms with E-state index in [0.29, 0.717) is 12.1 Å². The molecule has 3 rings (SSSR count). The highest BCUT2D eigenvalue weighted by atomic mass is 16.2. The van der Waals surface area contributed by atoms with Crippen LogP contribution in [0, 0.1) is 0 Å². The van der Waals surface area contributed by atoms with E-state index >= 15 is 0 Å². The second kappa shape index (κ2) is 7.53. The Labute approximate surface area is 145 Å². The van der Waals surface area contributed by atoms with Crippen molar-refractivity contribution in [2.75, 3.05) is 6.54 Å². The van der Waals surface area contributed by atoms with Gasteiger partial charge in [-0.05, 0) is 17.7 Å². The van der Waals surface area contributed by atoms with E-state index in [0.717, 1.165) is 11.1 Å². The zero-order chi connectivity index (χ0) is 17.6. The maximum absolute atomic E-state index is 12.9. The van der Waals surface area contributed by atoms with Gasteiger partial charge in [0.15, 0.2) is 0 Å². The van der Waals surface area contributed by atoms with Crippen molar-refractivity contribution < 1.29 is 9.59 Å². The van der Waals surface area contributed by atoms with Crippen molar-refractivity contribution in [2.24, 2.45) is 5.73 Å². The van der Waals surface area contributed by atoms with E-state index in [4.69, 9.17) is 5.73 Å². The molecule has 126 valence electrons. The Morgan fingerprint density at radius 2 is 1.64 bits per heavy atom. The van der Waals surface area contributed by atoms with Crippen molar-refractivity contribution in [2.45, 2.75) is 13.0 Å². The molecule has 1 aromatic heterocycles. The first-order valence-corrected chi connectivity index (χ1v) is 7.97. The van der Waals surface area contributed by atoms with Crippen molar-refractivity contribution in [3.8, 4) is 0 Å². The molecule has 0 saturated carbocycles. The number of primary amides is 1. The number of benzene rings is 2. The Kier molecular flexibility index (Phi) is 4.99. The van der Waals surface area contributed by atoms with E-state index in [2.05, 4.69) is 9.97 Å². The standard InChI is InChI=1S/C19H18N4O2/c20-18(24)10-11-23(13-14-6-2-1-3-7-14)19(25)17-12-21-15-8-4-5-9-16(15)22-17/h1-9,12H,10-11,13H2,(H2,20,24). The molecule has 0 aliphatic heterocycles. The molecule has 2 aromatic carbocycles. The molecule has 0 aliphatic carbocycles.